The Morgan fingerprint density at radius 1 is 1.03 bits per heavy atom. The molecule has 39 heavy (non-hydrogen) atoms. The molecule has 0 aliphatic carbocycles. The third kappa shape index (κ3) is 4.96. The average molecular weight is 540 g/mol. The summed E-state index contributed by atoms with van der Waals surface area (Å²) < 4.78 is 5.31. The molecule has 196 valence electrons. The number of hydrogen-bond acceptors (Lipinski definition) is 8. The molecule has 8 nitrogen and oxygen atoms in total. The molecular weight excluding hydrogens is 514 g/mol. The fourth-order valence-corrected chi connectivity index (χ4v) is 5.49. The van der Waals surface area contributed by atoms with Gasteiger partial charge < -0.3 is 9.84 Å². The van der Waals surface area contributed by atoms with Crippen molar-refractivity contribution >= 4 is 34.7 Å². The van der Waals surface area contributed by atoms with Gasteiger partial charge in [-0.15, -0.1) is 11.3 Å². The molecule has 0 saturated heterocycles. The van der Waals surface area contributed by atoms with E-state index in [4.69, 9.17) is 4.74 Å². The Kier molecular flexibility index (Phi) is 7.08. The number of carbonyl (C=O) groups is 3. The number of hydrogen-bond donors (Lipinski definition) is 1. The van der Waals surface area contributed by atoms with Crippen LogP contribution in [0.3, 0.4) is 0 Å². The van der Waals surface area contributed by atoms with E-state index in [-0.39, 0.29) is 17.2 Å². The number of nitrogens with zero attached hydrogens (tertiary/aromatic N) is 3. The van der Waals surface area contributed by atoms with Crippen LogP contribution in [0.5, 0.6) is 0 Å². The topological polar surface area (TPSA) is 110 Å². The van der Waals surface area contributed by atoms with Gasteiger partial charge in [0.2, 0.25) is 5.78 Å². The van der Waals surface area contributed by atoms with Gasteiger partial charge in [-0.05, 0) is 56.7 Å². The summed E-state index contributed by atoms with van der Waals surface area (Å²) in [5.41, 5.74) is 2.46. The number of rotatable bonds is 7. The van der Waals surface area contributed by atoms with Crippen LogP contribution >= 0.6 is 11.3 Å². The quantitative estimate of drug-likeness (QED) is 0.231. The number of aliphatic hydroxyl groups excluding tert-OH is 1. The molecule has 2 aromatic heterocycles. The Balaban J connectivity index is 1.59. The summed E-state index contributed by atoms with van der Waals surface area (Å²) >= 11 is 1.21. The summed E-state index contributed by atoms with van der Waals surface area (Å²) in [6.07, 6.45) is 2.78. The largest absolute Gasteiger partial charge is 0.503 e. The first kappa shape index (κ1) is 26.0. The zero-order chi connectivity index (χ0) is 27.7. The molecule has 3 heterocycles. The van der Waals surface area contributed by atoms with Crippen LogP contribution in [0.2, 0.25) is 0 Å². The van der Waals surface area contributed by atoms with Gasteiger partial charge in [0, 0.05) is 23.6 Å². The number of aryl methyl sites for hydroxylation is 1. The molecule has 0 radical (unpaired) electrons. The highest BCUT2D eigenvalue weighted by Crippen LogP contribution is 2.43. The van der Waals surface area contributed by atoms with Crippen LogP contribution in [0, 0.1) is 6.92 Å². The monoisotopic (exact) mass is 539 g/mol. The minimum atomic E-state index is -0.953. The fourth-order valence-electron chi connectivity index (χ4n) is 4.46. The van der Waals surface area contributed by atoms with Crippen LogP contribution in [0.4, 0.5) is 5.69 Å². The number of esters is 1. The minimum Gasteiger partial charge on any atom is -0.503 e. The van der Waals surface area contributed by atoms with Crippen LogP contribution < -0.4 is 4.90 Å². The first-order valence-electron chi connectivity index (χ1n) is 12.3. The molecular formula is C30H25N3O5S. The smallest absolute Gasteiger partial charge is 0.338 e. The molecule has 2 aromatic carbocycles. The first-order valence-corrected chi connectivity index (χ1v) is 13.1. The molecule has 1 amide bonds. The summed E-state index contributed by atoms with van der Waals surface area (Å²) in [6.45, 7) is 5.22. The van der Waals surface area contributed by atoms with E-state index < -0.39 is 29.5 Å². The van der Waals surface area contributed by atoms with Crippen molar-refractivity contribution in [2.75, 3.05) is 4.90 Å². The number of ether oxygens (including phenoxy) is 1. The molecule has 0 spiro atoms. The van der Waals surface area contributed by atoms with Crippen molar-refractivity contribution in [3.63, 3.8) is 0 Å². The van der Waals surface area contributed by atoms with E-state index in [1.165, 1.54) is 22.3 Å². The van der Waals surface area contributed by atoms with Crippen molar-refractivity contribution in [2.24, 2.45) is 0 Å². The van der Waals surface area contributed by atoms with Gasteiger partial charge in [-0.2, -0.15) is 0 Å². The SMILES string of the molecule is Cc1nc(-c2ccccc2)sc1C(=O)C1=C(O)C(=O)N(c2cccc(C(=O)OC(C)C)c2)C1c1ccncc1. The highest BCUT2D eigenvalue weighted by atomic mass is 32.1. The lowest BCUT2D eigenvalue weighted by molar-refractivity contribution is -0.117. The second kappa shape index (κ2) is 10.6. The van der Waals surface area contributed by atoms with Gasteiger partial charge >= 0.3 is 5.97 Å². The number of thiazole rings is 1. The number of ketones is 1. The number of benzene rings is 2. The molecule has 9 heteroatoms. The van der Waals surface area contributed by atoms with Crippen molar-refractivity contribution in [3.8, 4) is 10.6 Å². The maximum Gasteiger partial charge on any atom is 0.338 e. The number of anilines is 1. The van der Waals surface area contributed by atoms with Gasteiger partial charge in [0.05, 0.1) is 33.9 Å². The van der Waals surface area contributed by atoms with E-state index in [1.807, 2.05) is 30.3 Å². The summed E-state index contributed by atoms with van der Waals surface area (Å²) in [5.74, 6) is -2.43. The molecule has 0 bridgehead atoms. The number of pyridine rings is 1. The summed E-state index contributed by atoms with van der Waals surface area (Å²) in [7, 11) is 0. The number of aromatic nitrogens is 2. The predicted octanol–water partition coefficient (Wildman–Crippen LogP) is 5.86. The molecule has 1 N–H and O–H groups in total. The lowest BCUT2D eigenvalue weighted by atomic mass is 9.95. The van der Waals surface area contributed by atoms with Crippen molar-refractivity contribution in [1.82, 2.24) is 9.97 Å². The standard InChI is InChI=1S/C30H25N3O5S/c1-17(2)38-30(37)21-10-7-11-22(16-21)33-24(19-12-14-31-15-13-19)23(26(35)29(33)36)25(34)27-18(3)32-28(39-27)20-8-5-4-6-9-20/h4-17,24,35H,1-3H3. The minimum absolute atomic E-state index is 0.0623. The van der Waals surface area contributed by atoms with Crippen LogP contribution in [0.1, 0.15) is 51.2 Å². The zero-order valence-electron chi connectivity index (χ0n) is 21.5. The van der Waals surface area contributed by atoms with E-state index in [0.717, 1.165) is 5.56 Å². The maximum absolute atomic E-state index is 14.0. The first-order chi connectivity index (χ1) is 18.8. The number of aliphatic hydroxyl groups is 1. The highest BCUT2D eigenvalue weighted by Gasteiger charge is 2.45. The summed E-state index contributed by atoms with van der Waals surface area (Å²) in [4.78, 5) is 50.4. The third-order valence-corrected chi connectivity index (χ3v) is 7.41. The zero-order valence-corrected chi connectivity index (χ0v) is 22.3. The van der Waals surface area contributed by atoms with Crippen molar-refractivity contribution in [2.45, 2.75) is 32.9 Å². The molecule has 1 atom stereocenters. The van der Waals surface area contributed by atoms with Crippen LogP contribution in [-0.2, 0) is 9.53 Å². The van der Waals surface area contributed by atoms with Gasteiger partial charge in [-0.25, -0.2) is 9.78 Å². The Morgan fingerprint density at radius 3 is 2.44 bits per heavy atom. The molecule has 4 aromatic rings. The van der Waals surface area contributed by atoms with E-state index in [1.54, 1.807) is 63.5 Å². The Morgan fingerprint density at radius 2 is 1.74 bits per heavy atom. The van der Waals surface area contributed by atoms with Crippen LogP contribution in [0.15, 0.2) is 90.5 Å². The average Bonchev–Trinajstić information content (AvgIpc) is 3.46. The third-order valence-electron chi connectivity index (χ3n) is 6.20. The Hall–Kier alpha value is -4.63. The molecule has 5 rings (SSSR count). The van der Waals surface area contributed by atoms with Crippen molar-refractivity contribution in [3.05, 3.63) is 112 Å². The highest BCUT2D eigenvalue weighted by molar-refractivity contribution is 7.17. The van der Waals surface area contributed by atoms with E-state index in [9.17, 15) is 19.5 Å². The molecule has 1 aliphatic heterocycles. The second-order valence-electron chi connectivity index (χ2n) is 9.25. The second-order valence-corrected chi connectivity index (χ2v) is 10.3. The van der Waals surface area contributed by atoms with Gasteiger partial charge in [0.15, 0.2) is 5.76 Å². The lowest BCUT2D eigenvalue weighted by Crippen LogP contribution is -2.31. The molecule has 1 aliphatic rings. The van der Waals surface area contributed by atoms with E-state index in [0.29, 0.717) is 26.8 Å². The summed E-state index contributed by atoms with van der Waals surface area (Å²) in [6, 6.07) is 18.3. The van der Waals surface area contributed by atoms with Crippen LogP contribution in [0.25, 0.3) is 10.6 Å². The fraction of sp³-hybridized carbons (Fsp3) is 0.167. The van der Waals surface area contributed by atoms with Gasteiger partial charge in [-0.3, -0.25) is 19.5 Å². The number of carbonyl (C=O) groups excluding carboxylic acids is 3. The number of amides is 1. The Bertz CT molecular complexity index is 1600. The van der Waals surface area contributed by atoms with Gasteiger partial charge in [-0.1, -0.05) is 36.4 Å². The van der Waals surface area contributed by atoms with Crippen LogP contribution in [-0.4, -0.2) is 38.8 Å². The van der Waals surface area contributed by atoms with Gasteiger partial charge in [0.1, 0.15) is 5.01 Å². The maximum atomic E-state index is 14.0. The summed E-state index contributed by atoms with van der Waals surface area (Å²) in [5, 5.41) is 11.8. The van der Waals surface area contributed by atoms with Crippen molar-refractivity contribution < 1.29 is 24.2 Å². The van der Waals surface area contributed by atoms with E-state index >= 15 is 0 Å². The molecule has 0 fully saturated rings. The lowest BCUT2D eigenvalue weighted by Gasteiger charge is -2.27. The van der Waals surface area contributed by atoms with E-state index in [2.05, 4.69) is 9.97 Å². The normalized spacial score (nSPS) is 15.2. The molecule has 1 unspecified atom stereocenters. The van der Waals surface area contributed by atoms with Crippen molar-refractivity contribution in [1.29, 1.82) is 0 Å². The Labute approximate surface area is 229 Å². The number of Topliss-reactive ketones (excluding diaryl/α,β-unsaturated/α-hetero) is 1. The predicted molar refractivity (Wildman–Crippen MR) is 148 cm³/mol. The molecule has 0 saturated carbocycles. The van der Waals surface area contributed by atoms with Gasteiger partial charge in [0.25, 0.3) is 5.91 Å².